The second kappa shape index (κ2) is 5.96. The Morgan fingerprint density at radius 1 is 1.47 bits per heavy atom. The molecule has 5 heteroatoms. The van der Waals surface area contributed by atoms with Gasteiger partial charge in [-0.3, -0.25) is 0 Å². The lowest BCUT2D eigenvalue weighted by Gasteiger charge is -2.33. The molecule has 1 heterocycles. The molecule has 0 N–H and O–H groups in total. The van der Waals surface area contributed by atoms with Crippen LogP contribution in [-0.4, -0.2) is 37.5 Å². The molecule has 0 saturated heterocycles. The summed E-state index contributed by atoms with van der Waals surface area (Å²) >= 11 is 7.51. The molecule has 1 unspecified atom stereocenters. The van der Waals surface area contributed by atoms with E-state index in [1.165, 1.54) is 4.90 Å². The number of hydrogen-bond donors (Lipinski definition) is 0. The van der Waals surface area contributed by atoms with Gasteiger partial charge in [-0.15, -0.1) is 11.6 Å². The van der Waals surface area contributed by atoms with Crippen LogP contribution in [0.2, 0.25) is 0 Å². The molecule has 1 aliphatic heterocycles. The van der Waals surface area contributed by atoms with Gasteiger partial charge in [0.05, 0.1) is 7.11 Å². The van der Waals surface area contributed by atoms with Gasteiger partial charge in [0.25, 0.3) is 0 Å². The van der Waals surface area contributed by atoms with Crippen molar-refractivity contribution in [3.05, 3.63) is 23.8 Å². The van der Waals surface area contributed by atoms with Crippen molar-refractivity contribution >= 4 is 23.5 Å². The lowest BCUT2D eigenvalue weighted by atomic mass is 10.1. The molecule has 1 atom stereocenters. The second-order valence-electron chi connectivity index (χ2n) is 3.76. The van der Waals surface area contributed by atoms with Gasteiger partial charge in [-0.1, -0.05) is 6.07 Å². The molecule has 0 amide bonds. The number of hydrogen-bond acceptors (Lipinski definition) is 4. The van der Waals surface area contributed by atoms with Crippen LogP contribution in [0.5, 0.6) is 5.75 Å². The van der Waals surface area contributed by atoms with Crippen LogP contribution in [-0.2, 0) is 4.74 Å². The van der Waals surface area contributed by atoms with Crippen molar-refractivity contribution in [1.82, 2.24) is 4.31 Å². The summed E-state index contributed by atoms with van der Waals surface area (Å²) in [6, 6.07) is 6.07. The van der Waals surface area contributed by atoms with E-state index < -0.39 is 0 Å². The summed E-state index contributed by atoms with van der Waals surface area (Å²) in [5.74, 6) is 1.52. The van der Waals surface area contributed by atoms with Crippen molar-refractivity contribution in [2.75, 3.05) is 33.2 Å². The SMILES string of the molecule is COc1cccc2c1C(OC)CN(CCCl)S2. The second-order valence-corrected chi connectivity index (χ2v) is 5.28. The predicted molar refractivity (Wildman–Crippen MR) is 70.9 cm³/mol. The van der Waals surface area contributed by atoms with Crippen molar-refractivity contribution in [3.8, 4) is 5.75 Å². The molecule has 17 heavy (non-hydrogen) atoms. The van der Waals surface area contributed by atoms with Crippen LogP contribution >= 0.6 is 23.5 Å². The van der Waals surface area contributed by atoms with Gasteiger partial charge >= 0.3 is 0 Å². The average molecular weight is 274 g/mol. The molecule has 0 bridgehead atoms. The molecule has 0 saturated carbocycles. The van der Waals surface area contributed by atoms with Crippen LogP contribution in [0.4, 0.5) is 0 Å². The molecule has 0 spiro atoms. The van der Waals surface area contributed by atoms with E-state index in [1.54, 1.807) is 26.2 Å². The molecule has 0 radical (unpaired) electrons. The lowest BCUT2D eigenvalue weighted by molar-refractivity contribution is 0.0803. The van der Waals surface area contributed by atoms with Gasteiger partial charge in [0.1, 0.15) is 11.9 Å². The minimum Gasteiger partial charge on any atom is -0.496 e. The first-order valence-electron chi connectivity index (χ1n) is 5.48. The van der Waals surface area contributed by atoms with Gasteiger partial charge in [-0.25, -0.2) is 4.31 Å². The first-order chi connectivity index (χ1) is 8.30. The fourth-order valence-corrected chi connectivity index (χ4v) is 3.42. The number of halogens is 1. The van der Waals surface area contributed by atoms with E-state index in [0.29, 0.717) is 5.88 Å². The normalized spacial score (nSPS) is 20.1. The summed E-state index contributed by atoms with van der Waals surface area (Å²) in [6.07, 6.45) is 0.0469. The van der Waals surface area contributed by atoms with Crippen LogP contribution in [0.1, 0.15) is 11.7 Å². The summed E-state index contributed by atoms with van der Waals surface area (Å²) < 4.78 is 13.2. The Kier molecular flexibility index (Phi) is 4.56. The first-order valence-corrected chi connectivity index (χ1v) is 6.79. The van der Waals surface area contributed by atoms with Crippen molar-refractivity contribution < 1.29 is 9.47 Å². The summed E-state index contributed by atoms with van der Waals surface area (Å²) in [4.78, 5) is 1.19. The van der Waals surface area contributed by atoms with E-state index in [4.69, 9.17) is 21.1 Å². The number of ether oxygens (including phenoxy) is 2. The zero-order valence-corrected chi connectivity index (χ0v) is 11.6. The Balaban J connectivity index is 2.33. The summed E-state index contributed by atoms with van der Waals surface area (Å²) in [5, 5.41) is 0. The minimum absolute atomic E-state index is 0.0469. The highest BCUT2D eigenvalue weighted by molar-refractivity contribution is 7.97. The smallest absolute Gasteiger partial charge is 0.125 e. The van der Waals surface area contributed by atoms with Gasteiger partial charge in [0.2, 0.25) is 0 Å². The largest absolute Gasteiger partial charge is 0.496 e. The Labute approximate surface area is 111 Å². The predicted octanol–water partition coefficient (Wildman–Crippen LogP) is 2.94. The highest BCUT2D eigenvalue weighted by atomic mass is 35.5. The zero-order chi connectivity index (χ0) is 12.3. The number of methoxy groups -OCH3 is 2. The third kappa shape index (κ3) is 2.71. The molecular formula is C12H16ClNO2S. The molecule has 94 valence electrons. The van der Waals surface area contributed by atoms with Gasteiger partial charge in [-0.2, -0.15) is 0 Å². The van der Waals surface area contributed by atoms with Crippen LogP contribution in [0.3, 0.4) is 0 Å². The van der Waals surface area contributed by atoms with Gasteiger partial charge in [-0.05, 0) is 24.1 Å². The van der Waals surface area contributed by atoms with E-state index in [9.17, 15) is 0 Å². The average Bonchev–Trinajstić information content (AvgIpc) is 2.37. The summed E-state index contributed by atoms with van der Waals surface area (Å²) in [5.41, 5.74) is 1.15. The van der Waals surface area contributed by atoms with Crippen molar-refractivity contribution in [2.24, 2.45) is 0 Å². The maximum Gasteiger partial charge on any atom is 0.125 e. The quantitative estimate of drug-likeness (QED) is 0.621. The van der Waals surface area contributed by atoms with Crippen molar-refractivity contribution in [1.29, 1.82) is 0 Å². The van der Waals surface area contributed by atoms with E-state index in [2.05, 4.69) is 10.4 Å². The molecule has 1 aromatic carbocycles. The fraction of sp³-hybridized carbons (Fsp3) is 0.500. The van der Waals surface area contributed by atoms with Gasteiger partial charge < -0.3 is 9.47 Å². The zero-order valence-electron chi connectivity index (χ0n) is 9.98. The van der Waals surface area contributed by atoms with Crippen LogP contribution in [0.15, 0.2) is 23.1 Å². The Morgan fingerprint density at radius 2 is 2.29 bits per heavy atom. The molecule has 2 rings (SSSR count). The van der Waals surface area contributed by atoms with Crippen LogP contribution in [0, 0.1) is 0 Å². The van der Waals surface area contributed by atoms with Crippen LogP contribution in [0.25, 0.3) is 0 Å². The Hall–Kier alpha value is -0.420. The molecule has 0 aromatic heterocycles. The highest BCUT2D eigenvalue weighted by Crippen LogP contribution is 2.42. The maximum atomic E-state index is 5.79. The number of rotatable bonds is 4. The number of alkyl halides is 1. The van der Waals surface area contributed by atoms with Crippen LogP contribution < -0.4 is 4.74 Å². The van der Waals surface area contributed by atoms with E-state index in [1.807, 2.05) is 12.1 Å². The molecule has 3 nitrogen and oxygen atoms in total. The molecule has 0 fully saturated rings. The third-order valence-corrected chi connectivity index (χ3v) is 4.09. The topological polar surface area (TPSA) is 21.7 Å². The Bertz CT molecular complexity index is 389. The van der Waals surface area contributed by atoms with Gasteiger partial charge in [0, 0.05) is 36.5 Å². The van der Waals surface area contributed by atoms with E-state index in [-0.39, 0.29) is 6.10 Å². The maximum absolute atomic E-state index is 5.79. The Morgan fingerprint density at radius 3 is 2.94 bits per heavy atom. The molecule has 1 aliphatic rings. The number of benzene rings is 1. The molecule has 1 aromatic rings. The first kappa shape index (κ1) is 13.0. The van der Waals surface area contributed by atoms with E-state index >= 15 is 0 Å². The van der Waals surface area contributed by atoms with Crippen molar-refractivity contribution in [3.63, 3.8) is 0 Å². The number of nitrogens with zero attached hydrogens (tertiary/aromatic N) is 1. The molecular weight excluding hydrogens is 258 g/mol. The summed E-state index contributed by atoms with van der Waals surface area (Å²) in [7, 11) is 3.42. The monoisotopic (exact) mass is 273 g/mol. The lowest BCUT2D eigenvalue weighted by Crippen LogP contribution is -2.29. The van der Waals surface area contributed by atoms with Crippen molar-refractivity contribution in [2.45, 2.75) is 11.0 Å². The minimum atomic E-state index is 0.0469. The summed E-state index contributed by atoms with van der Waals surface area (Å²) in [6.45, 7) is 1.68. The van der Waals surface area contributed by atoms with E-state index in [0.717, 1.165) is 24.4 Å². The fourth-order valence-electron chi connectivity index (χ4n) is 1.98. The standard InChI is InChI=1S/C12H16ClNO2S/c1-15-9-4-3-5-11-12(9)10(16-2)8-14(17-11)7-6-13/h3-5,10H,6-8H2,1-2H3. The molecule has 0 aliphatic carbocycles. The number of fused-ring (bicyclic) bond motifs is 1. The highest BCUT2D eigenvalue weighted by Gasteiger charge is 2.28. The third-order valence-electron chi connectivity index (χ3n) is 2.78. The van der Waals surface area contributed by atoms with Gasteiger partial charge in [0.15, 0.2) is 0 Å².